The number of benzene rings is 2. The monoisotopic (exact) mass is 341 g/mol. The number of hydrogen-bond donors (Lipinski definition) is 1. The lowest BCUT2D eigenvalue weighted by molar-refractivity contribution is -0.118. The van der Waals surface area contributed by atoms with E-state index in [-0.39, 0.29) is 17.6 Å². The SMILES string of the molecule is Cc1ccc(C)c(SCC(=O)c2ccc(NC(=O)C(C)C)cc2)c1. The summed E-state index contributed by atoms with van der Waals surface area (Å²) in [6, 6.07) is 13.3. The summed E-state index contributed by atoms with van der Waals surface area (Å²) in [5.74, 6) is 0.393. The van der Waals surface area contributed by atoms with Gasteiger partial charge in [0.1, 0.15) is 0 Å². The highest BCUT2D eigenvalue weighted by atomic mass is 32.2. The van der Waals surface area contributed by atoms with Crippen LogP contribution in [0.25, 0.3) is 0 Å². The van der Waals surface area contributed by atoms with Gasteiger partial charge in [-0.2, -0.15) is 0 Å². The van der Waals surface area contributed by atoms with E-state index in [1.807, 2.05) is 13.8 Å². The Bertz CT molecular complexity index is 736. The van der Waals surface area contributed by atoms with Crippen LogP contribution < -0.4 is 5.32 Å². The summed E-state index contributed by atoms with van der Waals surface area (Å²) in [7, 11) is 0. The Hall–Kier alpha value is -2.07. The molecule has 0 unspecified atom stereocenters. The number of carbonyl (C=O) groups excluding carboxylic acids is 2. The maximum Gasteiger partial charge on any atom is 0.226 e. The van der Waals surface area contributed by atoms with Crippen molar-refractivity contribution in [3.63, 3.8) is 0 Å². The van der Waals surface area contributed by atoms with E-state index in [1.165, 1.54) is 11.1 Å². The Morgan fingerprint density at radius 2 is 1.71 bits per heavy atom. The minimum Gasteiger partial charge on any atom is -0.326 e. The molecule has 2 aromatic carbocycles. The Labute approximate surface area is 147 Å². The molecule has 0 atom stereocenters. The Morgan fingerprint density at radius 3 is 2.33 bits per heavy atom. The number of ketones is 1. The van der Waals surface area contributed by atoms with Crippen LogP contribution in [0.2, 0.25) is 0 Å². The zero-order valence-electron chi connectivity index (χ0n) is 14.6. The van der Waals surface area contributed by atoms with Gasteiger partial charge >= 0.3 is 0 Å². The predicted octanol–water partition coefficient (Wildman–Crippen LogP) is 4.87. The van der Waals surface area contributed by atoms with Crippen LogP contribution in [-0.2, 0) is 4.79 Å². The van der Waals surface area contributed by atoms with Gasteiger partial charge in [-0.05, 0) is 49.7 Å². The Balaban J connectivity index is 1.97. The summed E-state index contributed by atoms with van der Waals surface area (Å²) in [4.78, 5) is 25.2. The van der Waals surface area contributed by atoms with E-state index in [0.717, 1.165) is 4.90 Å². The molecule has 2 aromatic rings. The molecule has 0 aliphatic rings. The molecule has 1 amide bonds. The average molecular weight is 341 g/mol. The summed E-state index contributed by atoms with van der Waals surface area (Å²) >= 11 is 1.56. The third kappa shape index (κ3) is 4.96. The van der Waals surface area contributed by atoms with Crippen molar-refractivity contribution in [3.8, 4) is 0 Å². The maximum atomic E-state index is 12.3. The van der Waals surface area contributed by atoms with Crippen molar-refractivity contribution in [1.82, 2.24) is 0 Å². The lowest BCUT2D eigenvalue weighted by Gasteiger charge is -2.09. The van der Waals surface area contributed by atoms with E-state index >= 15 is 0 Å². The fraction of sp³-hybridized carbons (Fsp3) is 0.300. The van der Waals surface area contributed by atoms with Crippen LogP contribution in [0.1, 0.15) is 35.3 Å². The van der Waals surface area contributed by atoms with Crippen molar-refractivity contribution in [3.05, 3.63) is 59.2 Å². The minimum atomic E-state index is -0.0692. The van der Waals surface area contributed by atoms with Crippen molar-refractivity contribution in [2.75, 3.05) is 11.1 Å². The number of rotatable bonds is 6. The van der Waals surface area contributed by atoms with Crippen LogP contribution in [0.3, 0.4) is 0 Å². The smallest absolute Gasteiger partial charge is 0.226 e. The molecule has 2 rings (SSSR count). The minimum absolute atomic E-state index is 0.0282. The molecule has 0 aliphatic carbocycles. The van der Waals surface area contributed by atoms with Crippen molar-refractivity contribution >= 4 is 29.1 Å². The number of aryl methyl sites for hydroxylation is 2. The third-order valence-electron chi connectivity index (χ3n) is 3.70. The highest BCUT2D eigenvalue weighted by molar-refractivity contribution is 8.00. The van der Waals surface area contributed by atoms with Crippen molar-refractivity contribution < 1.29 is 9.59 Å². The average Bonchev–Trinajstić information content (AvgIpc) is 2.56. The van der Waals surface area contributed by atoms with Crippen LogP contribution in [0.5, 0.6) is 0 Å². The number of thioether (sulfide) groups is 1. The molecular weight excluding hydrogens is 318 g/mol. The molecule has 0 aliphatic heterocycles. The summed E-state index contributed by atoms with van der Waals surface area (Å²) < 4.78 is 0. The van der Waals surface area contributed by atoms with Crippen molar-refractivity contribution in [1.29, 1.82) is 0 Å². The molecule has 0 spiro atoms. The second-order valence-electron chi connectivity index (χ2n) is 6.20. The van der Waals surface area contributed by atoms with Gasteiger partial charge in [-0.15, -0.1) is 11.8 Å². The molecule has 0 fully saturated rings. The molecule has 0 saturated heterocycles. The van der Waals surface area contributed by atoms with Gasteiger partial charge < -0.3 is 5.32 Å². The standard InChI is InChI=1S/C20H23NO2S/c1-13(2)20(23)21-17-9-7-16(8-10-17)18(22)12-24-19-11-14(3)5-6-15(19)4/h5-11,13H,12H2,1-4H3,(H,21,23). The first kappa shape index (κ1) is 18.3. The molecule has 0 bridgehead atoms. The number of Topliss-reactive ketones (excluding diaryl/α,β-unsaturated/α-hetero) is 1. The second kappa shape index (κ2) is 8.15. The fourth-order valence-electron chi connectivity index (χ4n) is 2.12. The summed E-state index contributed by atoms with van der Waals surface area (Å²) in [5, 5.41) is 2.82. The van der Waals surface area contributed by atoms with Gasteiger partial charge in [0.25, 0.3) is 0 Å². The van der Waals surface area contributed by atoms with Crippen molar-refractivity contribution in [2.24, 2.45) is 5.92 Å². The lowest BCUT2D eigenvalue weighted by Crippen LogP contribution is -2.17. The lowest BCUT2D eigenvalue weighted by atomic mass is 10.1. The molecule has 0 heterocycles. The van der Waals surface area contributed by atoms with E-state index in [2.05, 4.69) is 37.4 Å². The van der Waals surface area contributed by atoms with Crippen LogP contribution >= 0.6 is 11.8 Å². The van der Waals surface area contributed by atoms with E-state index in [9.17, 15) is 9.59 Å². The molecule has 3 nitrogen and oxygen atoms in total. The molecule has 0 radical (unpaired) electrons. The van der Waals surface area contributed by atoms with E-state index in [4.69, 9.17) is 0 Å². The Morgan fingerprint density at radius 1 is 1.04 bits per heavy atom. The van der Waals surface area contributed by atoms with Gasteiger partial charge in [-0.3, -0.25) is 9.59 Å². The highest BCUT2D eigenvalue weighted by Gasteiger charge is 2.10. The number of carbonyl (C=O) groups is 2. The molecule has 0 aromatic heterocycles. The van der Waals surface area contributed by atoms with E-state index in [0.29, 0.717) is 17.0 Å². The van der Waals surface area contributed by atoms with Crippen LogP contribution in [0.15, 0.2) is 47.4 Å². The van der Waals surface area contributed by atoms with Gasteiger partial charge in [-0.25, -0.2) is 0 Å². The van der Waals surface area contributed by atoms with E-state index in [1.54, 1.807) is 36.0 Å². The first-order chi connectivity index (χ1) is 11.4. The van der Waals surface area contributed by atoms with Crippen LogP contribution in [-0.4, -0.2) is 17.4 Å². The van der Waals surface area contributed by atoms with Gasteiger partial charge in [-0.1, -0.05) is 31.5 Å². The first-order valence-corrected chi connectivity index (χ1v) is 8.99. The molecule has 0 saturated carbocycles. The molecule has 126 valence electrons. The van der Waals surface area contributed by atoms with Gasteiger partial charge in [0, 0.05) is 22.1 Å². The third-order valence-corrected chi connectivity index (χ3v) is 4.86. The second-order valence-corrected chi connectivity index (χ2v) is 7.22. The van der Waals surface area contributed by atoms with Gasteiger partial charge in [0.05, 0.1) is 5.75 Å². The summed E-state index contributed by atoms with van der Waals surface area (Å²) in [6.07, 6.45) is 0. The number of anilines is 1. The molecule has 4 heteroatoms. The van der Waals surface area contributed by atoms with Gasteiger partial charge in [0.15, 0.2) is 5.78 Å². The molecule has 1 N–H and O–H groups in total. The summed E-state index contributed by atoms with van der Waals surface area (Å²) in [6.45, 7) is 7.80. The zero-order chi connectivity index (χ0) is 17.7. The largest absolute Gasteiger partial charge is 0.326 e. The molecular formula is C20H23NO2S. The number of amides is 1. The topological polar surface area (TPSA) is 46.2 Å². The fourth-order valence-corrected chi connectivity index (χ4v) is 3.13. The zero-order valence-corrected chi connectivity index (χ0v) is 15.4. The van der Waals surface area contributed by atoms with E-state index < -0.39 is 0 Å². The predicted molar refractivity (Wildman–Crippen MR) is 101 cm³/mol. The van der Waals surface area contributed by atoms with Gasteiger partial charge in [0.2, 0.25) is 5.91 Å². The number of hydrogen-bond acceptors (Lipinski definition) is 3. The quantitative estimate of drug-likeness (QED) is 0.602. The van der Waals surface area contributed by atoms with Crippen molar-refractivity contribution in [2.45, 2.75) is 32.6 Å². The summed E-state index contributed by atoms with van der Waals surface area (Å²) in [5.41, 5.74) is 3.76. The normalized spacial score (nSPS) is 10.7. The first-order valence-electron chi connectivity index (χ1n) is 8.01. The van der Waals surface area contributed by atoms with Crippen LogP contribution in [0, 0.1) is 19.8 Å². The molecule has 24 heavy (non-hydrogen) atoms. The maximum absolute atomic E-state index is 12.3. The Kier molecular flexibility index (Phi) is 6.21. The highest BCUT2D eigenvalue weighted by Crippen LogP contribution is 2.24. The number of nitrogens with one attached hydrogen (secondary N) is 1. The van der Waals surface area contributed by atoms with Crippen LogP contribution in [0.4, 0.5) is 5.69 Å².